The number of amides is 1. The van der Waals surface area contributed by atoms with Gasteiger partial charge >= 0.3 is 5.97 Å². The first-order valence-corrected chi connectivity index (χ1v) is 7.34. The molecule has 2 aromatic carbocycles. The Kier molecular flexibility index (Phi) is 5.65. The highest BCUT2D eigenvalue weighted by atomic mass is 35.5. The minimum absolute atomic E-state index is 0.168. The summed E-state index contributed by atoms with van der Waals surface area (Å²) in [5.41, 5.74) is 0.577. The number of carbonyl (C=O) groups excluding carboxylic acids is 2. The van der Waals surface area contributed by atoms with Crippen LogP contribution in [0.4, 0.5) is 5.69 Å². The van der Waals surface area contributed by atoms with Crippen LogP contribution in [-0.2, 0) is 4.79 Å². The largest absolute Gasteiger partial charge is 0.495 e. The standard InChI is InChI=1S/C17H16ClNO5/c1-10(20)24-14-7-5-4-6-11(14)17(21)19-13-8-12(18)15(22-2)9-16(13)23-3/h4-9H,1-3H3,(H,19,21). The van der Waals surface area contributed by atoms with Gasteiger partial charge in [0.25, 0.3) is 5.91 Å². The van der Waals surface area contributed by atoms with E-state index in [0.29, 0.717) is 22.2 Å². The van der Waals surface area contributed by atoms with Gasteiger partial charge in [0.2, 0.25) is 0 Å². The van der Waals surface area contributed by atoms with Crippen molar-refractivity contribution in [1.29, 1.82) is 0 Å². The SMILES string of the molecule is COc1cc(OC)c(NC(=O)c2ccccc2OC(C)=O)cc1Cl. The fourth-order valence-electron chi connectivity index (χ4n) is 2.05. The highest BCUT2D eigenvalue weighted by Crippen LogP contribution is 2.36. The summed E-state index contributed by atoms with van der Waals surface area (Å²) in [5.74, 6) is -0.00539. The molecule has 0 saturated heterocycles. The zero-order valence-corrected chi connectivity index (χ0v) is 14.1. The summed E-state index contributed by atoms with van der Waals surface area (Å²) in [7, 11) is 2.94. The van der Waals surface area contributed by atoms with E-state index in [0.717, 1.165) is 0 Å². The maximum Gasteiger partial charge on any atom is 0.308 e. The third-order valence-electron chi connectivity index (χ3n) is 3.11. The lowest BCUT2D eigenvalue weighted by Crippen LogP contribution is -2.15. The number of hydrogen-bond donors (Lipinski definition) is 1. The molecule has 0 radical (unpaired) electrons. The van der Waals surface area contributed by atoms with Gasteiger partial charge in [0.15, 0.2) is 0 Å². The summed E-state index contributed by atoms with van der Waals surface area (Å²) in [4.78, 5) is 23.7. The quantitative estimate of drug-likeness (QED) is 0.660. The number of para-hydroxylation sites is 1. The molecule has 0 aromatic heterocycles. The van der Waals surface area contributed by atoms with Crippen molar-refractivity contribution in [3.05, 3.63) is 47.0 Å². The van der Waals surface area contributed by atoms with E-state index in [1.165, 1.54) is 33.3 Å². The van der Waals surface area contributed by atoms with E-state index in [1.54, 1.807) is 24.3 Å². The third-order valence-corrected chi connectivity index (χ3v) is 3.40. The molecule has 2 rings (SSSR count). The van der Waals surface area contributed by atoms with Gasteiger partial charge in [0, 0.05) is 13.0 Å². The Morgan fingerprint density at radius 2 is 1.67 bits per heavy atom. The number of ether oxygens (including phenoxy) is 3. The van der Waals surface area contributed by atoms with E-state index in [-0.39, 0.29) is 11.3 Å². The number of methoxy groups -OCH3 is 2. The van der Waals surface area contributed by atoms with Crippen molar-refractivity contribution in [3.8, 4) is 17.2 Å². The predicted octanol–water partition coefficient (Wildman–Crippen LogP) is 3.53. The van der Waals surface area contributed by atoms with Crippen molar-refractivity contribution in [1.82, 2.24) is 0 Å². The Bertz CT molecular complexity index is 776. The summed E-state index contributed by atoms with van der Waals surface area (Å²) in [6.45, 7) is 1.26. The summed E-state index contributed by atoms with van der Waals surface area (Å²) < 4.78 is 15.4. The molecule has 0 bridgehead atoms. The van der Waals surface area contributed by atoms with Crippen LogP contribution in [0.5, 0.6) is 17.2 Å². The molecule has 1 N–H and O–H groups in total. The molecular formula is C17H16ClNO5. The van der Waals surface area contributed by atoms with Gasteiger partial charge in [-0.3, -0.25) is 9.59 Å². The Balaban J connectivity index is 2.34. The second kappa shape index (κ2) is 7.70. The molecule has 7 heteroatoms. The van der Waals surface area contributed by atoms with E-state index in [1.807, 2.05) is 0 Å². The topological polar surface area (TPSA) is 73.9 Å². The van der Waals surface area contributed by atoms with Crippen LogP contribution in [0.2, 0.25) is 5.02 Å². The molecule has 126 valence electrons. The molecule has 0 fully saturated rings. The molecule has 0 spiro atoms. The van der Waals surface area contributed by atoms with Crippen LogP contribution >= 0.6 is 11.6 Å². The van der Waals surface area contributed by atoms with Gasteiger partial charge < -0.3 is 19.5 Å². The van der Waals surface area contributed by atoms with Gasteiger partial charge in [0.05, 0.1) is 30.5 Å². The van der Waals surface area contributed by atoms with Crippen molar-refractivity contribution >= 4 is 29.2 Å². The lowest BCUT2D eigenvalue weighted by molar-refractivity contribution is -0.131. The number of anilines is 1. The Morgan fingerprint density at radius 1 is 1.00 bits per heavy atom. The number of hydrogen-bond acceptors (Lipinski definition) is 5. The van der Waals surface area contributed by atoms with Crippen LogP contribution in [0.1, 0.15) is 17.3 Å². The second-order valence-electron chi connectivity index (χ2n) is 4.73. The lowest BCUT2D eigenvalue weighted by Gasteiger charge is -2.14. The van der Waals surface area contributed by atoms with Crippen molar-refractivity contribution in [2.24, 2.45) is 0 Å². The molecule has 0 heterocycles. The highest BCUT2D eigenvalue weighted by molar-refractivity contribution is 6.32. The predicted molar refractivity (Wildman–Crippen MR) is 90.3 cm³/mol. The smallest absolute Gasteiger partial charge is 0.308 e. The molecule has 0 aliphatic carbocycles. The second-order valence-corrected chi connectivity index (χ2v) is 5.14. The number of halogens is 1. The van der Waals surface area contributed by atoms with Gasteiger partial charge in [0.1, 0.15) is 17.2 Å². The van der Waals surface area contributed by atoms with Crippen molar-refractivity contribution in [2.75, 3.05) is 19.5 Å². The molecule has 0 aliphatic heterocycles. The van der Waals surface area contributed by atoms with E-state index in [4.69, 9.17) is 25.8 Å². The minimum Gasteiger partial charge on any atom is -0.495 e. The monoisotopic (exact) mass is 349 g/mol. The van der Waals surface area contributed by atoms with Crippen LogP contribution < -0.4 is 19.5 Å². The zero-order valence-electron chi connectivity index (χ0n) is 13.4. The molecule has 6 nitrogen and oxygen atoms in total. The third kappa shape index (κ3) is 3.97. The van der Waals surface area contributed by atoms with Crippen LogP contribution in [0.3, 0.4) is 0 Å². The number of nitrogens with one attached hydrogen (secondary N) is 1. The minimum atomic E-state index is -0.514. The molecule has 0 aliphatic rings. The van der Waals surface area contributed by atoms with Crippen LogP contribution in [0.15, 0.2) is 36.4 Å². The van der Waals surface area contributed by atoms with E-state index in [9.17, 15) is 9.59 Å². The fraction of sp³-hybridized carbons (Fsp3) is 0.176. The average Bonchev–Trinajstić information content (AvgIpc) is 2.55. The first-order valence-electron chi connectivity index (χ1n) is 6.96. The van der Waals surface area contributed by atoms with Gasteiger partial charge in [-0.05, 0) is 18.2 Å². The highest BCUT2D eigenvalue weighted by Gasteiger charge is 2.17. The Labute approximate surface area is 144 Å². The molecule has 0 saturated carbocycles. The average molecular weight is 350 g/mol. The van der Waals surface area contributed by atoms with Gasteiger partial charge in [-0.15, -0.1) is 0 Å². The molecule has 1 amide bonds. The first-order chi connectivity index (χ1) is 11.5. The van der Waals surface area contributed by atoms with Crippen LogP contribution in [-0.4, -0.2) is 26.1 Å². The normalized spacial score (nSPS) is 10.0. The van der Waals surface area contributed by atoms with Crippen molar-refractivity contribution < 1.29 is 23.8 Å². The van der Waals surface area contributed by atoms with Crippen molar-refractivity contribution in [2.45, 2.75) is 6.92 Å². The van der Waals surface area contributed by atoms with E-state index < -0.39 is 11.9 Å². The van der Waals surface area contributed by atoms with E-state index in [2.05, 4.69) is 5.32 Å². The van der Waals surface area contributed by atoms with Crippen LogP contribution in [0, 0.1) is 0 Å². The summed E-state index contributed by atoms with van der Waals surface area (Å²) in [5, 5.41) is 3.01. The summed E-state index contributed by atoms with van der Waals surface area (Å²) >= 11 is 6.09. The maximum absolute atomic E-state index is 12.5. The maximum atomic E-state index is 12.5. The Morgan fingerprint density at radius 3 is 2.29 bits per heavy atom. The number of carbonyl (C=O) groups is 2. The molecule has 24 heavy (non-hydrogen) atoms. The Hall–Kier alpha value is -2.73. The summed E-state index contributed by atoms with van der Waals surface area (Å²) in [6.07, 6.45) is 0. The van der Waals surface area contributed by atoms with E-state index >= 15 is 0 Å². The zero-order chi connectivity index (χ0) is 17.7. The molecule has 0 atom stereocenters. The number of rotatable bonds is 5. The van der Waals surface area contributed by atoms with Gasteiger partial charge in [-0.25, -0.2) is 0 Å². The number of esters is 1. The number of benzene rings is 2. The molecule has 2 aromatic rings. The van der Waals surface area contributed by atoms with Crippen LogP contribution in [0.25, 0.3) is 0 Å². The molecule has 0 unspecified atom stereocenters. The van der Waals surface area contributed by atoms with Gasteiger partial charge in [-0.1, -0.05) is 23.7 Å². The van der Waals surface area contributed by atoms with Gasteiger partial charge in [-0.2, -0.15) is 0 Å². The lowest BCUT2D eigenvalue weighted by atomic mass is 10.1. The first kappa shape index (κ1) is 17.6. The molecular weight excluding hydrogens is 334 g/mol. The fourth-order valence-corrected chi connectivity index (χ4v) is 2.29. The summed E-state index contributed by atoms with van der Waals surface area (Å²) in [6, 6.07) is 9.50. The van der Waals surface area contributed by atoms with Crippen molar-refractivity contribution in [3.63, 3.8) is 0 Å².